The highest BCUT2D eigenvalue weighted by atomic mass is 35.5. The molecule has 1 atom stereocenters. The molecule has 22 heavy (non-hydrogen) atoms. The molecule has 0 spiro atoms. The van der Waals surface area contributed by atoms with Crippen LogP contribution in [0.15, 0.2) is 22.7 Å². The summed E-state index contributed by atoms with van der Waals surface area (Å²) < 4.78 is 10.7. The van der Waals surface area contributed by atoms with Gasteiger partial charge in [0.1, 0.15) is 6.10 Å². The third-order valence-electron chi connectivity index (χ3n) is 3.14. The van der Waals surface area contributed by atoms with E-state index in [1.165, 1.54) is 0 Å². The molecule has 2 aromatic rings. The topological polar surface area (TPSA) is 51.4 Å². The highest BCUT2D eigenvalue weighted by Gasteiger charge is 2.15. The van der Waals surface area contributed by atoms with Crippen molar-refractivity contribution in [2.45, 2.75) is 33.0 Å². The molecule has 0 bridgehead atoms. The molecule has 1 aromatic heterocycles. The lowest BCUT2D eigenvalue weighted by Gasteiger charge is -2.15. The first kappa shape index (κ1) is 17.2. The molecule has 0 saturated heterocycles. The van der Waals surface area contributed by atoms with Crippen LogP contribution in [-0.4, -0.2) is 28.7 Å². The number of nitrogens with zero attached hydrogens (tertiary/aromatic N) is 3. The maximum absolute atomic E-state index is 6.19. The Hall–Kier alpha value is -1.14. The molecule has 5 nitrogen and oxygen atoms in total. The molecule has 0 aliphatic rings. The Bertz CT molecular complexity index is 619. The predicted octanol–water partition coefficient (Wildman–Crippen LogP) is 4.11. The molecule has 1 heterocycles. The summed E-state index contributed by atoms with van der Waals surface area (Å²) in [5.74, 6) is 1.10. The van der Waals surface area contributed by atoms with Crippen molar-refractivity contribution in [3.8, 4) is 0 Å². The molecule has 0 aliphatic heterocycles. The van der Waals surface area contributed by atoms with Gasteiger partial charge in [-0.3, -0.25) is 4.90 Å². The van der Waals surface area contributed by atoms with Crippen molar-refractivity contribution in [3.63, 3.8) is 0 Å². The van der Waals surface area contributed by atoms with Crippen molar-refractivity contribution >= 4 is 23.2 Å². The number of hydrogen-bond donors (Lipinski definition) is 0. The highest BCUT2D eigenvalue weighted by molar-refractivity contribution is 6.42. The lowest BCUT2D eigenvalue weighted by molar-refractivity contribution is 0.0683. The van der Waals surface area contributed by atoms with Gasteiger partial charge in [-0.1, -0.05) is 40.5 Å². The highest BCUT2D eigenvalue weighted by Crippen LogP contribution is 2.26. The SMILES string of the molecule is CCOC(C)c1noc(CN(C)Cc2cccc(Cl)c2Cl)n1. The summed E-state index contributed by atoms with van der Waals surface area (Å²) in [6.07, 6.45) is -0.171. The van der Waals surface area contributed by atoms with Crippen molar-refractivity contribution in [2.75, 3.05) is 13.7 Å². The Morgan fingerprint density at radius 3 is 2.82 bits per heavy atom. The number of ether oxygens (including phenoxy) is 1. The van der Waals surface area contributed by atoms with Crippen molar-refractivity contribution in [2.24, 2.45) is 0 Å². The monoisotopic (exact) mass is 343 g/mol. The number of halogens is 2. The van der Waals surface area contributed by atoms with Crippen LogP contribution in [0.2, 0.25) is 10.0 Å². The van der Waals surface area contributed by atoms with Crippen LogP contribution in [0.5, 0.6) is 0 Å². The van der Waals surface area contributed by atoms with Crippen LogP contribution in [0, 0.1) is 0 Å². The minimum atomic E-state index is -0.171. The van der Waals surface area contributed by atoms with Gasteiger partial charge in [0.2, 0.25) is 5.89 Å². The molecule has 0 aliphatic carbocycles. The number of hydrogen-bond acceptors (Lipinski definition) is 5. The summed E-state index contributed by atoms with van der Waals surface area (Å²) in [6.45, 7) is 5.60. The van der Waals surface area contributed by atoms with Crippen molar-refractivity contribution < 1.29 is 9.26 Å². The van der Waals surface area contributed by atoms with E-state index in [0.717, 1.165) is 5.56 Å². The maximum Gasteiger partial charge on any atom is 0.240 e. The van der Waals surface area contributed by atoms with Gasteiger partial charge in [0.15, 0.2) is 5.82 Å². The van der Waals surface area contributed by atoms with Gasteiger partial charge in [-0.15, -0.1) is 0 Å². The molecule has 1 aromatic carbocycles. The molecule has 2 rings (SSSR count). The van der Waals surface area contributed by atoms with Gasteiger partial charge in [-0.25, -0.2) is 0 Å². The summed E-state index contributed by atoms with van der Waals surface area (Å²) in [5.41, 5.74) is 0.957. The van der Waals surface area contributed by atoms with Crippen LogP contribution in [-0.2, 0) is 17.8 Å². The fourth-order valence-corrected chi connectivity index (χ4v) is 2.45. The third-order valence-corrected chi connectivity index (χ3v) is 4.00. The van der Waals surface area contributed by atoms with Gasteiger partial charge >= 0.3 is 0 Å². The van der Waals surface area contributed by atoms with Crippen LogP contribution in [0.3, 0.4) is 0 Å². The summed E-state index contributed by atoms with van der Waals surface area (Å²) in [7, 11) is 1.95. The van der Waals surface area contributed by atoms with Crippen LogP contribution in [0.1, 0.15) is 37.2 Å². The quantitative estimate of drug-likeness (QED) is 0.757. The molecular formula is C15H19Cl2N3O2. The average Bonchev–Trinajstić information content (AvgIpc) is 2.92. The Kier molecular flexibility index (Phi) is 6.20. The van der Waals surface area contributed by atoms with Gasteiger partial charge in [0, 0.05) is 13.2 Å². The molecule has 120 valence electrons. The Morgan fingerprint density at radius 1 is 1.32 bits per heavy atom. The summed E-state index contributed by atoms with van der Waals surface area (Å²) in [4.78, 5) is 6.37. The van der Waals surface area contributed by atoms with Crippen LogP contribution >= 0.6 is 23.2 Å². The zero-order valence-corrected chi connectivity index (χ0v) is 14.4. The second-order valence-corrected chi connectivity index (χ2v) is 5.81. The van der Waals surface area contributed by atoms with E-state index in [1.54, 1.807) is 6.07 Å². The van der Waals surface area contributed by atoms with Crippen LogP contribution < -0.4 is 0 Å². The molecule has 0 fully saturated rings. The van der Waals surface area contributed by atoms with Gasteiger partial charge in [0.05, 0.1) is 16.6 Å². The molecule has 0 N–H and O–H groups in total. The summed E-state index contributed by atoms with van der Waals surface area (Å²) in [6, 6.07) is 5.60. The van der Waals surface area contributed by atoms with Crippen LogP contribution in [0.4, 0.5) is 0 Å². The molecule has 0 radical (unpaired) electrons. The normalized spacial score (nSPS) is 12.8. The molecule has 7 heteroatoms. The fourth-order valence-electron chi connectivity index (χ4n) is 2.07. The smallest absolute Gasteiger partial charge is 0.240 e. The van der Waals surface area contributed by atoms with E-state index in [9.17, 15) is 0 Å². The van der Waals surface area contributed by atoms with Crippen LogP contribution in [0.25, 0.3) is 0 Å². The second-order valence-electron chi connectivity index (χ2n) is 5.03. The first-order valence-corrected chi connectivity index (χ1v) is 7.82. The van der Waals surface area contributed by atoms with E-state index in [-0.39, 0.29) is 6.10 Å². The van der Waals surface area contributed by atoms with Crippen molar-refractivity contribution in [1.29, 1.82) is 0 Å². The molecule has 0 saturated carbocycles. The Morgan fingerprint density at radius 2 is 2.09 bits per heavy atom. The number of aromatic nitrogens is 2. The summed E-state index contributed by atoms with van der Waals surface area (Å²) in [5, 5.41) is 5.07. The maximum atomic E-state index is 6.19. The molecule has 0 amide bonds. The number of benzene rings is 1. The first-order valence-electron chi connectivity index (χ1n) is 7.06. The van der Waals surface area contributed by atoms with Crippen molar-refractivity contribution in [3.05, 3.63) is 45.5 Å². The molecule has 1 unspecified atom stereocenters. The predicted molar refractivity (Wildman–Crippen MR) is 86.0 cm³/mol. The van der Waals surface area contributed by atoms with E-state index >= 15 is 0 Å². The average molecular weight is 344 g/mol. The zero-order valence-electron chi connectivity index (χ0n) is 12.8. The van der Waals surface area contributed by atoms with E-state index in [2.05, 4.69) is 10.1 Å². The third kappa shape index (κ3) is 4.43. The van der Waals surface area contributed by atoms with Gasteiger partial charge in [-0.2, -0.15) is 4.98 Å². The standard InChI is InChI=1S/C15H19Cl2N3O2/c1-4-21-10(2)15-18-13(22-19-15)9-20(3)8-11-6-5-7-12(16)14(11)17/h5-7,10H,4,8-9H2,1-3H3. The first-order chi connectivity index (χ1) is 10.5. The summed E-state index contributed by atoms with van der Waals surface area (Å²) >= 11 is 12.2. The lowest BCUT2D eigenvalue weighted by atomic mass is 10.2. The van der Waals surface area contributed by atoms with E-state index < -0.39 is 0 Å². The van der Waals surface area contributed by atoms with Gasteiger partial charge in [-0.05, 0) is 32.5 Å². The second kappa shape index (κ2) is 7.92. The minimum absolute atomic E-state index is 0.171. The lowest BCUT2D eigenvalue weighted by Crippen LogP contribution is -2.17. The van der Waals surface area contributed by atoms with Crippen molar-refractivity contribution in [1.82, 2.24) is 15.0 Å². The van der Waals surface area contributed by atoms with E-state index in [0.29, 0.717) is 41.5 Å². The van der Waals surface area contributed by atoms with Gasteiger partial charge in [0.25, 0.3) is 0 Å². The largest absolute Gasteiger partial charge is 0.371 e. The van der Waals surface area contributed by atoms with Gasteiger partial charge < -0.3 is 9.26 Å². The minimum Gasteiger partial charge on any atom is -0.371 e. The zero-order chi connectivity index (χ0) is 16.1. The van der Waals surface area contributed by atoms with E-state index in [1.807, 2.05) is 37.9 Å². The number of rotatable bonds is 7. The fraction of sp³-hybridized carbons (Fsp3) is 0.467. The molecular weight excluding hydrogens is 325 g/mol. The van der Waals surface area contributed by atoms with E-state index in [4.69, 9.17) is 32.5 Å². The Balaban J connectivity index is 1.97. The Labute approximate surface area is 140 Å².